The first-order chi connectivity index (χ1) is 8.58. The first-order valence-electron chi connectivity index (χ1n) is 6.75. The summed E-state index contributed by atoms with van der Waals surface area (Å²) in [5.74, 6) is 0.597. The largest absolute Gasteiger partial charge is 0.314 e. The van der Waals surface area contributed by atoms with E-state index in [1.54, 1.807) is 0 Å². The van der Waals surface area contributed by atoms with Gasteiger partial charge < -0.3 is 5.32 Å². The Bertz CT molecular complexity index is 368. The maximum atomic E-state index is 6.28. The van der Waals surface area contributed by atoms with Crippen LogP contribution in [0.4, 0.5) is 0 Å². The standard InChI is InChI=1S/C15H23BrClN/c1-4-8-18-15(5-2)11(3)9-12-6-7-13(16)10-14(12)17/h6-7,10-11,15,18H,4-5,8-9H2,1-3H3. The van der Waals surface area contributed by atoms with Crippen LogP contribution < -0.4 is 5.32 Å². The van der Waals surface area contributed by atoms with Crippen molar-refractivity contribution >= 4 is 27.5 Å². The predicted octanol–water partition coefficient (Wildman–Crippen LogP) is 5.06. The van der Waals surface area contributed by atoms with Crippen molar-refractivity contribution in [2.45, 2.75) is 46.1 Å². The first kappa shape index (κ1) is 16.0. The van der Waals surface area contributed by atoms with Crippen molar-refractivity contribution in [3.8, 4) is 0 Å². The third kappa shape index (κ3) is 4.91. The van der Waals surface area contributed by atoms with Gasteiger partial charge in [-0.05, 0) is 49.4 Å². The molecule has 1 nitrogen and oxygen atoms in total. The van der Waals surface area contributed by atoms with Crippen LogP contribution in [0.25, 0.3) is 0 Å². The Morgan fingerprint density at radius 1 is 1.33 bits per heavy atom. The third-order valence-electron chi connectivity index (χ3n) is 3.34. The second-order valence-corrected chi connectivity index (χ2v) is 6.21. The number of hydrogen-bond donors (Lipinski definition) is 1. The molecule has 3 heteroatoms. The Morgan fingerprint density at radius 3 is 2.61 bits per heavy atom. The van der Waals surface area contributed by atoms with Gasteiger partial charge in [-0.25, -0.2) is 0 Å². The molecule has 0 saturated heterocycles. The van der Waals surface area contributed by atoms with Crippen molar-refractivity contribution < 1.29 is 0 Å². The molecule has 2 atom stereocenters. The molecule has 0 aliphatic rings. The van der Waals surface area contributed by atoms with Gasteiger partial charge in [0.2, 0.25) is 0 Å². The maximum Gasteiger partial charge on any atom is 0.0449 e. The molecule has 0 radical (unpaired) electrons. The Morgan fingerprint density at radius 2 is 2.06 bits per heavy atom. The highest BCUT2D eigenvalue weighted by molar-refractivity contribution is 9.10. The van der Waals surface area contributed by atoms with Crippen molar-refractivity contribution in [1.29, 1.82) is 0 Å². The van der Waals surface area contributed by atoms with Crippen molar-refractivity contribution in [2.24, 2.45) is 5.92 Å². The Hall–Kier alpha value is -0.0500. The predicted molar refractivity (Wildman–Crippen MR) is 84.4 cm³/mol. The highest BCUT2D eigenvalue weighted by Gasteiger charge is 2.16. The molecule has 1 N–H and O–H groups in total. The van der Waals surface area contributed by atoms with E-state index >= 15 is 0 Å². The van der Waals surface area contributed by atoms with E-state index in [1.165, 1.54) is 12.0 Å². The molecule has 102 valence electrons. The van der Waals surface area contributed by atoms with Crippen LogP contribution in [0.15, 0.2) is 22.7 Å². The van der Waals surface area contributed by atoms with E-state index in [2.05, 4.69) is 54.2 Å². The van der Waals surface area contributed by atoms with Gasteiger partial charge >= 0.3 is 0 Å². The van der Waals surface area contributed by atoms with Gasteiger partial charge in [-0.15, -0.1) is 0 Å². The minimum absolute atomic E-state index is 0.574. The normalized spacial score (nSPS) is 14.5. The molecule has 0 aliphatic heterocycles. The lowest BCUT2D eigenvalue weighted by molar-refractivity contribution is 0.365. The second-order valence-electron chi connectivity index (χ2n) is 4.89. The summed E-state index contributed by atoms with van der Waals surface area (Å²) in [6.07, 6.45) is 3.37. The highest BCUT2D eigenvalue weighted by Crippen LogP contribution is 2.25. The lowest BCUT2D eigenvalue weighted by Crippen LogP contribution is -2.35. The zero-order valence-corrected chi connectivity index (χ0v) is 13.8. The van der Waals surface area contributed by atoms with Crippen LogP contribution in [0.5, 0.6) is 0 Å². The Kier molecular flexibility index (Phi) is 7.28. The molecular formula is C15H23BrClN. The van der Waals surface area contributed by atoms with Gasteiger partial charge in [0.05, 0.1) is 0 Å². The van der Waals surface area contributed by atoms with E-state index in [0.29, 0.717) is 12.0 Å². The molecule has 0 aromatic heterocycles. The van der Waals surface area contributed by atoms with Gasteiger partial charge in [0.25, 0.3) is 0 Å². The zero-order valence-electron chi connectivity index (χ0n) is 11.5. The van der Waals surface area contributed by atoms with E-state index in [0.717, 1.165) is 28.9 Å². The monoisotopic (exact) mass is 331 g/mol. The molecule has 1 aromatic rings. The molecular weight excluding hydrogens is 310 g/mol. The van der Waals surface area contributed by atoms with E-state index in [4.69, 9.17) is 11.6 Å². The molecule has 1 aromatic carbocycles. The van der Waals surface area contributed by atoms with Crippen LogP contribution in [0, 0.1) is 5.92 Å². The summed E-state index contributed by atoms with van der Waals surface area (Å²) in [6.45, 7) is 7.84. The van der Waals surface area contributed by atoms with E-state index in [1.807, 2.05) is 6.07 Å². The van der Waals surface area contributed by atoms with Crippen LogP contribution in [-0.2, 0) is 6.42 Å². The fourth-order valence-corrected chi connectivity index (χ4v) is 3.00. The van der Waals surface area contributed by atoms with Crippen LogP contribution in [0.2, 0.25) is 5.02 Å². The zero-order chi connectivity index (χ0) is 13.5. The fourth-order valence-electron chi connectivity index (χ4n) is 2.25. The van der Waals surface area contributed by atoms with Crippen LogP contribution in [-0.4, -0.2) is 12.6 Å². The van der Waals surface area contributed by atoms with Gasteiger partial charge in [0.15, 0.2) is 0 Å². The van der Waals surface area contributed by atoms with Crippen molar-refractivity contribution in [3.63, 3.8) is 0 Å². The molecule has 1 rings (SSSR count). The van der Waals surface area contributed by atoms with E-state index in [-0.39, 0.29) is 0 Å². The van der Waals surface area contributed by atoms with E-state index in [9.17, 15) is 0 Å². The van der Waals surface area contributed by atoms with Crippen LogP contribution >= 0.6 is 27.5 Å². The topological polar surface area (TPSA) is 12.0 Å². The summed E-state index contributed by atoms with van der Waals surface area (Å²) in [5, 5.41) is 4.48. The average Bonchev–Trinajstić information content (AvgIpc) is 2.34. The van der Waals surface area contributed by atoms with Gasteiger partial charge in [0, 0.05) is 15.5 Å². The fraction of sp³-hybridized carbons (Fsp3) is 0.600. The molecule has 0 amide bonds. The van der Waals surface area contributed by atoms with Crippen molar-refractivity contribution in [1.82, 2.24) is 5.32 Å². The molecule has 18 heavy (non-hydrogen) atoms. The summed E-state index contributed by atoms with van der Waals surface area (Å²) in [4.78, 5) is 0. The molecule has 0 fully saturated rings. The Labute approximate surface area is 124 Å². The van der Waals surface area contributed by atoms with Gasteiger partial charge in [-0.3, -0.25) is 0 Å². The minimum atomic E-state index is 0.574. The van der Waals surface area contributed by atoms with Crippen molar-refractivity contribution in [2.75, 3.05) is 6.54 Å². The lowest BCUT2D eigenvalue weighted by Gasteiger charge is -2.24. The minimum Gasteiger partial charge on any atom is -0.314 e. The Balaban J connectivity index is 2.64. The second kappa shape index (κ2) is 8.19. The van der Waals surface area contributed by atoms with Crippen LogP contribution in [0.1, 0.15) is 39.2 Å². The number of nitrogens with one attached hydrogen (secondary N) is 1. The number of hydrogen-bond acceptors (Lipinski definition) is 1. The number of halogens is 2. The van der Waals surface area contributed by atoms with Crippen LogP contribution in [0.3, 0.4) is 0 Å². The summed E-state index contributed by atoms with van der Waals surface area (Å²) in [6, 6.07) is 6.73. The number of benzene rings is 1. The molecule has 0 bridgehead atoms. The molecule has 0 heterocycles. The van der Waals surface area contributed by atoms with Gasteiger partial charge in [-0.2, -0.15) is 0 Å². The molecule has 0 spiro atoms. The summed E-state index contributed by atoms with van der Waals surface area (Å²) >= 11 is 9.72. The van der Waals surface area contributed by atoms with Gasteiger partial charge in [0.1, 0.15) is 0 Å². The summed E-state index contributed by atoms with van der Waals surface area (Å²) in [7, 11) is 0. The molecule has 0 saturated carbocycles. The quantitative estimate of drug-likeness (QED) is 0.736. The third-order valence-corrected chi connectivity index (χ3v) is 4.19. The summed E-state index contributed by atoms with van der Waals surface area (Å²) < 4.78 is 1.04. The highest BCUT2D eigenvalue weighted by atomic mass is 79.9. The van der Waals surface area contributed by atoms with Crippen molar-refractivity contribution in [3.05, 3.63) is 33.3 Å². The van der Waals surface area contributed by atoms with Gasteiger partial charge in [-0.1, -0.05) is 54.4 Å². The number of rotatable bonds is 7. The first-order valence-corrected chi connectivity index (χ1v) is 7.92. The lowest BCUT2D eigenvalue weighted by atomic mass is 9.92. The summed E-state index contributed by atoms with van der Waals surface area (Å²) in [5.41, 5.74) is 1.24. The van der Waals surface area contributed by atoms with E-state index < -0.39 is 0 Å². The molecule has 2 unspecified atom stereocenters. The SMILES string of the molecule is CCCNC(CC)C(C)Cc1ccc(Br)cc1Cl. The average molecular weight is 333 g/mol. The maximum absolute atomic E-state index is 6.28. The molecule has 0 aliphatic carbocycles. The smallest absolute Gasteiger partial charge is 0.0449 e.